The second kappa shape index (κ2) is 7.05. The fourth-order valence-electron chi connectivity index (χ4n) is 1.35. The van der Waals surface area contributed by atoms with Gasteiger partial charge < -0.3 is 19.9 Å². The van der Waals surface area contributed by atoms with E-state index in [1.54, 1.807) is 18.2 Å². The van der Waals surface area contributed by atoms with Crippen LogP contribution in [0.15, 0.2) is 24.3 Å². The number of rotatable bonds is 6. The molecule has 0 aliphatic carbocycles. The van der Waals surface area contributed by atoms with E-state index in [-0.39, 0.29) is 12.5 Å². The minimum Gasteiger partial charge on any atom is -0.493 e. The maximum absolute atomic E-state index is 11.2. The number of methoxy groups -OCH3 is 1. The van der Waals surface area contributed by atoms with Crippen LogP contribution in [0.3, 0.4) is 0 Å². The van der Waals surface area contributed by atoms with Crippen LogP contribution in [-0.2, 0) is 9.59 Å². The number of nitrogens with one attached hydrogen (secondary N) is 1. The van der Waals surface area contributed by atoms with Crippen molar-refractivity contribution in [1.82, 2.24) is 5.32 Å². The van der Waals surface area contributed by atoms with Gasteiger partial charge in [-0.1, -0.05) is 12.1 Å². The van der Waals surface area contributed by atoms with Crippen molar-refractivity contribution >= 4 is 18.0 Å². The number of ether oxygens (including phenoxy) is 2. The first kappa shape index (κ1) is 14.6. The maximum Gasteiger partial charge on any atom is 0.328 e. The van der Waals surface area contributed by atoms with Gasteiger partial charge in [0.25, 0.3) is 5.91 Å². The first-order valence-corrected chi connectivity index (χ1v) is 5.50. The number of carboxylic acids is 1. The summed E-state index contributed by atoms with van der Waals surface area (Å²) in [7, 11) is 2.96. The normalized spacial score (nSPS) is 10.2. The zero-order valence-electron chi connectivity index (χ0n) is 10.7. The topological polar surface area (TPSA) is 84.9 Å². The summed E-state index contributed by atoms with van der Waals surface area (Å²) in [4.78, 5) is 21.7. The molecule has 0 spiro atoms. The highest BCUT2D eigenvalue weighted by atomic mass is 16.5. The predicted octanol–water partition coefficient (Wildman–Crippen LogP) is 0.918. The van der Waals surface area contributed by atoms with Crippen LogP contribution in [0.5, 0.6) is 11.5 Å². The van der Waals surface area contributed by atoms with Crippen molar-refractivity contribution in [2.75, 3.05) is 20.8 Å². The van der Waals surface area contributed by atoms with E-state index in [0.717, 1.165) is 6.08 Å². The van der Waals surface area contributed by atoms with Crippen molar-refractivity contribution in [2.24, 2.45) is 0 Å². The van der Waals surface area contributed by atoms with E-state index in [1.807, 2.05) is 0 Å². The summed E-state index contributed by atoms with van der Waals surface area (Å²) in [6.07, 6.45) is 2.37. The maximum atomic E-state index is 11.2. The number of amides is 1. The van der Waals surface area contributed by atoms with Gasteiger partial charge in [-0.2, -0.15) is 0 Å². The van der Waals surface area contributed by atoms with Crippen LogP contribution in [0.1, 0.15) is 5.56 Å². The molecule has 0 atom stereocenters. The van der Waals surface area contributed by atoms with Crippen LogP contribution in [0.2, 0.25) is 0 Å². The van der Waals surface area contributed by atoms with Gasteiger partial charge in [0.15, 0.2) is 18.1 Å². The van der Waals surface area contributed by atoms with Gasteiger partial charge in [-0.25, -0.2) is 4.79 Å². The van der Waals surface area contributed by atoms with E-state index in [2.05, 4.69) is 5.32 Å². The van der Waals surface area contributed by atoms with Crippen molar-refractivity contribution in [3.05, 3.63) is 29.8 Å². The van der Waals surface area contributed by atoms with Crippen LogP contribution in [0, 0.1) is 0 Å². The Morgan fingerprint density at radius 2 is 2.16 bits per heavy atom. The quantitative estimate of drug-likeness (QED) is 0.747. The third kappa shape index (κ3) is 4.34. The fourth-order valence-corrected chi connectivity index (χ4v) is 1.35. The molecule has 0 bridgehead atoms. The highest BCUT2D eigenvalue weighted by Gasteiger charge is 2.10. The number of carboxylic acid groups (broad SMARTS) is 1. The molecule has 1 rings (SSSR count). The molecule has 6 heteroatoms. The largest absolute Gasteiger partial charge is 0.493 e. The molecule has 0 fully saturated rings. The van der Waals surface area contributed by atoms with E-state index in [9.17, 15) is 9.59 Å². The molecule has 19 heavy (non-hydrogen) atoms. The summed E-state index contributed by atoms with van der Waals surface area (Å²) in [5.74, 6) is -0.610. The molecule has 1 aromatic rings. The minimum absolute atomic E-state index is 0.176. The van der Waals surface area contributed by atoms with Gasteiger partial charge in [-0.05, 0) is 12.1 Å². The van der Waals surface area contributed by atoms with E-state index in [4.69, 9.17) is 14.6 Å². The summed E-state index contributed by atoms with van der Waals surface area (Å²) in [5, 5.41) is 11.1. The lowest BCUT2D eigenvalue weighted by molar-refractivity contribution is -0.131. The summed E-state index contributed by atoms with van der Waals surface area (Å²) < 4.78 is 10.5. The van der Waals surface area contributed by atoms with Crippen LogP contribution < -0.4 is 14.8 Å². The Labute approximate surface area is 110 Å². The predicted molar refractivity (Wildman–Crippen MR) is 69.2 cm³/mol. The lowest BCUT2D eigenvalue weighted by Gasteiger charge is -2.12. The number of carbonyl (C=O) groups excluding carboxylic acids is 1. The number of benzene rings is 1. The first-order valence-electron chi connectivity index (χ1n) is 5.50. The number of carbonyl (C=O) groups is 2. The van der Waals surface area contributed by atoms with Crippen LogP contribution in [-0.4, -0.2) is 37.7 Å². The van der Waals surface area contributed by atoms with E-state index >= 15 is 0 Å². The van der Waals surface area contributed by atoms with Gasteiger partial charge in [-0.3, -0.25) is 4.79 Å². The van der Waals surface area contributed by atoms with Crippen molar-refractivity contribution < 1.29 is 24.2 Å². The first-order chi connectivity index (χ1) is 9.08. The standard InChI is InChI=1S/C13H15NO5/c1-14-11(15)8-19-13-9(6-7-12(16)17)4-3-5-10(13)18-2/h3-7H,8H2,1-2H3,(H,14,15)(H,16,17)/b7-6+. The Hall–Kier alpha value is -2.50. The zero-order chi connectivity index (χ0) is 14.3. The summed E-state index contributed by atoms with van der Waals surface area (Å²) in [6.45, 7) is -0.176. The molecule has 0 unspecified atom stereocenters. The van der Waals surface area contributed by atoms with E-state index < -0.39 is 5.97 Å². The number of hydrogen-bond acceptors (Lipinski definition) is 4. The monoisotopic (exact) mass is 265 g/mol. The number of likely N-dealkylation sites (N-methyl/N-ethyl adjacent to an activating group) is 1. The van der Waals surface area contributed by atoms with Crippen molar-refractivity contribution in [3.8, 4) is 11.5 Å². The number of aliphatic carboxylic acids is 1. The Morgan fingerprint density at radius 3 is 2.74 bits per heavy atom. The van der Waals surface area contributed by atoms with Crippen molar-refractivity contribution in [3.63, 3.8) is 0 Å². The number of para-hydroxylation sites is 1. The molecule has 6 nitrogen and oxygen atoms in total. The van der Waals surface area contributed by atoms with Crippen LogP contribution in [0.25, 0.3) is 6.08 Å². The van der Waals surface area contributed by atoms with Crippen LogP contribution in [0.4, 0.5) is 0 Å². The molecule has 1 aromatic carbocycles. The Bertz CT molecular complexity index is 496. The summed E-state index contributed by atoms with van der Waals surface area (Å²) in [6, 6.07) is 5.03. The molecule has 0 aliphatic heterocycles. The molecule has 1 amide bonds. The molecular weight excluding hydrogens is 250 g/mol. The molecule has 0 aromatic heterocycles. The fraction of sp³-hybridized carbons (Fsp3) is 0.231. The second-order valence-corrected chi connectivity index (χ2v) is 3.51. The molecule has 0 aliphatic rings. The average Bonchev–Trinajstić information content (AvgIpc) is 2.42. The lowest BCUT2D eigenvalue weighted by atomic mass is 10.1. The molecule has 102 valence electrons. The van der Waals surface area contributed by atoms with E-state index in [0.29, 0.717) is 17.1 Å². The molecule has 2 N–H and O–H groups in total. The summed E-state index contributed by atoms with van der Waals surface area (Å²) in [5.41, 5.74) is 0.519. The SMILES string of the molecule is CNC(=O)COc1c(/C=C/C(=O)O)cccc1OC. The lowest BCUT2D eigenvalue weighted by Crippen LogP contribution is -2.25. The minimum atomic E-state index is -1.07. The highest BCUT2D eigenvalue weighted by Crippen LogP contribution is 2.31. The van der Waals surface area contributed by atoms with Crippen molar-refractivity contribution in [2.45, 2.75) is 0 Å². The third-order valence-electron chi connectivity index (χ3n) is 2.26. The Morgan fingerprint density at radius 1 is 1.42 bits per heavy atom. The van der Waals surface area contributed by atoms with Gasteiger partial charge >= 0.3 is 5.97 Å². The van der Waals surface area contributed by atoms with Gasteiger partial charge in [0.1, 0.15) is 0 Å². The zero-order valence-corrected chi connectivity index (χ0v) is 10.7. The molecule has 0 saturated carbocycles. The second-order valence-electron chi connectivity index (χ2n) is 3.51. The van der Waals surface area contributed by atoms with Gasteiger partial charge in [0.05, 0.1) is 7.11 Å². The molecular formula is C13H15NO5. The van der Waals surface area contributed by atoms with Gasteiger partial charge in [-0.15, -0.1) is 0 Å². The molecule has 0 radical (unpaired) electrons. The Kier molecular flexibility index (Phi) is 5.40. The van der Waals surface area contributed by atoms with Gasteiger partial charge in [0, 0.05) is 18.7 Å². The summed E-state index contributed by atoms with van der Waals surface area (Å²) >= 11 is 0. The smallest absolute Gasteiger partial charge is 0.328 e. The Balaban J connectivity index is 3.02. The highest BCUT2D eigenvalue weighted by molar-refractivity contribution is 5.86. The average molecular weight is 265 g/mol. The number of hydrogen-bond donors (Lipinski definition) is 2. The van der Waals surface area contributed by atoms with E-state index in [1.165, 1.54) is 20.2 Å². The van der Waals surface area contributed by atoms with Crippen molar-refractivity contribution in [1.29, 1.82) is 0 Å². The van der Waals surface area contributed by atoms with Gasteiger partial charge in [0.2, 0.25) is 0 Å². The van der Waals surface area contributed by atoms with Crippen LogP contribution >= 0.6 is 0 Å². The molecule has 0 heterocycles. The molecule has 0 saturated heterocycles. The third-order valence-corrected chi connectivity index (χ3v) is 2.26.